The normalized spacial score (nSPS) is 17.4. The predicted octanol–water partition coefficient (Wildman–Crippen LogP) is 4.40. The van der Waals surface area contributed by atoms with Crippen LogP contribution in [0, 0.1) is 0 Å². The van der Waals surface area contributed by atoms with Crippen LogP contribution in [0.2, 0.25) is 0 Å². The Kier molecular flexibility index (Phi) is 4.03. The van der Waals surface area contributed by atoms with Gasteiger partial charge in [0.2, 0.25) is 0 Å². The Labute approximate surface area is 143 Å². The van der Waals surface area contributed by atoms with Crippen molar-refractivity contribution in [3.8, 4) is 0 Å². The molecule has 0 spiro atoms. The van der Waals surface area contributed by atoms with Gasteiger partial charge in [-0.1, -0.05) is 36.8 Å². The molecule has 0 amide bonds. The molecule has 1 aromatic carbocycles. The van der Waals surface area contributed by atoms with Crippen LogP contribution in [0.15, 0.2) is 60.9 Å². The average molecular weight is 317 g/mol. The summed E-state index contributed by atoms with van der Waals surface area (Å²) in [6.07, 6.45) is 7.61. The Bertz CT molecular complexity index is 825. The van der Waals surface area contributed by atoms with E-state index >= 15 is 0 Å². The van der Waals surface area contributed by atoms with Crippen LogP contribution in [-0.2, 0) is 5.41 Å². The Morgan fingerprint density at radius 1 is 1.04 bits per heavy atom. The van der Waals surface area contributed by atoms with Gasteiger partial charge in [-0.25, -0.2) is 0 Å². The fraction of sp³-hybridized carbons (Fsp3) is 0.333. The molecule has 3 nitrogen and oxygen atoms in total. The molecule has 3 aromatic rings. The van der Waals surface area contributed by atoms with Crippen molar-refractivity contribution < 1.29 is 0 Å². The molecule has 1 aliphatic rings. The number of nitrogens with zero attached hydrogens (tertiary/aromatic N) is 2. The van der Waals surface area contributed by atoms with E-state index in [9.17, 15) is 0 Å². The van der Waals surface area contributed by atoms with Gasteiger partial charge in [-0.3, -0.25) is 9.97 Å². The lowest BCUT2D eigenvalue weighted by Gasteiger charge is -2.42. The zero-order chi connectivity index (χ0) is 16.4. The second kappa shape index (κ2) is 6.33. The van der Waals surface area contributed by atoms with Crippen molar-refractivity contribution in [1.29, 1.82) is 0 Å². The van der Waals surface area contributed by atoms with E-state index in [1.807, 2.05) is 18.5 Å². The van der Waals surface area contributed by atoms with Crippen LogP contribution in [0.4, 0.5) is 0 Å². The molecule has 3 heteroatoms. The summed E-state index contributed by atoms with van der Waals surface area (Å²) in [6, 6.07) is 17.1. The summed E-state index contributed by atoms with van der Waals surface area (Å²) < 4.78 is 0. The van der Waals surface area contributed by atoms with Crippen LogP contribution in [0.3, 0.4) is 0 Å². The van der Waals surface area contributed by atoms with Gasteiger partial charge in [0.05, 0.1) is 5.69 Å². The number of benzene rings is 1. The summed E-state index contributed by atoms with van der Waals surface area (Å²) in [7, 11) is 0. The van der Waals surface area contributed by atoms with E-state index in [1.54, 1.807) is 0 Å². The van der Waals surface area contributed by atoms with Gasteiger partial charge in [-0.2, -0.15) is 0 Å². The zero-order valence-corrected chi connectivity index (χ0v) is 14.1. The summed E-state index contributed by atoms with van der Waals surface area (Å²) in [6.45, 7) is 3.15. The Morgan fingerprint density at radius 2 is 1.83 bits per heavy atom. The number of nitrogens with one attached hydrogen (secondary N) is 1. The second-order valence-electron chi connectivity index (χ2n) is 6.91. The highest BCUT2D eigenvalue weighted by molar-refractivity contribution is 5.81. The van der Waals surface area contributed by atoms with Crippen LogP contribution in [0.1, 0.15) is 43.6 Å². The minimum atomic E-state index is 0.201. The van der Waals surface area contributed by atoms with E-state index in [1.165, 1.54) is 35.7 Å². The maximum atomic E-state index is 4.65. The lowest BCUT2D eigenvalue weighted by molar-refractivity contribution is 0.220. The van der Waals surface area contributed by atoms with E-state index in [4.69, 9.17) is 0 Å². The maximum absolute atomic E-state index is 4.65. The van der Waals surface area contributed by atoms with Gasteiger partial charge in [-0.15, -0.1) is 0 Å². The Hall–Kier alpha value is -2.26. The smallest absolute Gasteiger partial charge is 0.0576 e. The molecule has 0 bridgehead atoms. The van der Waals surface area contributed by atoms with Crippen LogP contribution < -0.4 is 5.32 Å². The summed E-state index contributed by atoms with van der Waals surface area (Å²) in [5, 5.41) is 6.14. The van der Waals surface area contributed by atoms with Gasteiger partial charge in [0.25, 0.3) is 0 Å². The first kappa shape index (κ1) is 15.3. The molecule has 1 N–H and O–H groups in total. The van der Waals surface area contributed by atoms with E-state index in [2.05, 4.69) is 64.7 Å². The average Bonchev–Trinajstić information content (AvgIpc) is 2.61. The molecule has 1 unspecified atom stereocenters. The molecule has 1 fully saturated rings. The van der Waals surface area contributed by atoms with Gasteiger partial charge in [-0.05, 0) is 43.4 Å². The minimum absolute atomic E-state index is 0.201. The quantitative estimate of drug-likeness (QED) is 0.758. The van der Waals surface area contributed by atoms with Gasteiger partial charge in [0.15, 0.2) is 0 Å². The molecule has 0 radical (unpaired) electrons. The summed E-state index contributed by atoms with van der Waals surface area (Å²) in [5.41, 5.74) is 2.53. The SMILES string of the molecule is CC(NCC1(c2ccccn2)CCC1)c1cc2ccccc2cn1. The molecule has 4 rings (SSSR count). The third-order valence-electron chi connectivity index (χ3n) is 5.36. The first-order valence-corrected chi connectivity index (χ1v) is 8.76. The monoisotopic (exact) mass is 317 g/mol. The molecule has 2 aromatic heterocycles. The number of rotatable bonds is 5. The highest BCUT2D eigenvalue weighted by Gasteiger charge is 2.39. The Balaban J connectivity index is 1.50. The first-order valence-electron chi connectivity index (χ1n) is 8.76. The summed E-state index contributed by atoms with van der Waals surface area (Å²) in [4.78, 5) is 9.25. The molecule has 24 heavy (non-hydrogen) atoms. The molecular formula is C21H23N3. The lowest BCUT2D eigenvalue weighted by Crippen LogP contribution is -2.45. The molecule has 2 heterocycles. The van der Waals surface area contributed by atoms with Gasteiger partial charge < -0.3 is 5.32 Å². The van der Waals surface area contributed by atoms with Crippen molar-refractivity contribution in [3.63, 3.8) is 0 Å². The molecule has 0 saturated heterocycles. The molecule has 1 saturated carbocycles. The van der Waals surface area contributed by atoms with Crippen LogP contribution in [0.5, 0.6) is 0 Å². The first-order chi connectivity index (χ1) is 11.8. The highest BCUT2D eigenvalue weighted by Crippen LogP contribution is 2.42. The third-order valence-corrected chi connectivity index (χ3v) is 5.36. The zero-order valence-electron chi connectivity index (χ0n) is 14.1. The number of pyridine rings is 2. The second-order valence-corrected chi connectivity index (χ2v) is 6.91. The predicted molar refractivity (Wildman–Crippen MR) is 97.9 cm³/mol. The van der Waals surface area contributed by atoms with Crippen LogP contribution in [0.25, 0.3) is 10.8 Å². The van der Waals surface area contributed by atoms with E-state index in [-0.39, 0.29) is 11.5 Å². The highest BCUT2D eigenvalue weighted by atomic mass is 15.0. The topological polar surface area (TPSA) is 37.8 Å². The van der Waals surface area contributed by atoms with Crippen molar-refractivity contribution >= 4 is 10.8 Å². The summed E-state index contributed by atoms with van der Waals surface area (Å²) >= 11 is 0. The Morgan fingerprint density at radius 3 is 2.54 bits per heavy atom. The number of aromatic nitrogens is 2. The van der Waals surface area contributed by atoms with Crippen LogP contribution >= 0.6 is 0 Å². The van der Waals surface area contributed by atoms with Crippen molar-refractivity contribution in [3.05, 3.63) is 72.3 Å². The molecule has 0 aliphatic heterocycles. The van der Waals surface area contributed by atoms with Gasteiger partial charge in [0, 0.05) is 41.5 Å². The molecular weight excluding hydrogens is 294 g/mol. The van der Waals surface area contributed by atoms with E-state index < -0.39 is 0 Å². The van der Waals surface area contributed by atoms with Crippen molar-refractivity contribution in [2.45, 2.75) is 37.6 Å². The lowest BCUT2D eigenvalue weighted by atomic mass is 9.66. The van der Waals surface area contributed by atoms with Crippen molar-refractivity contribution in [2.75, 3.05) is 6.54 Å². The van der Waals surface area contributed by atoms with Crippen LogP contribution in [-0.4, -0.2) is 16.5 Å². The largest absolute Gasteiger partial charge is 0.308 e. The number of hydrogen-bond donors (Lipinski definition) is 1. The molecule has 122 valence electrons. The molecule has 1 atom stereocenters. The number of fused-ring (bicyclic) bond motifs is 1. The van der Waals surface area contributed by atoms with E-state index in [0.29, 0.717) is 0 Å². The number of hydrogen-bond acceptors (Lipinski definition) is 3. The fourth-order valence-electron chi connectivity index (χ4n) is 3.59. The van der Waals surface area contributed by atoms with Gasteiger partial charge >= 0.3 is 0 Å². The molecule has 1 aliphatic carbocycles. The maximum Gasteiger partial charge on any atom is 0.0576 e. The fourth-order valence-corrected chi connectivity index (χ4v) is 3.59. The van der Waals surface area contributed by atoms with E-state index in [0.717, 1.165) is 12.2 Å². The third kappa shape index (κ3) is 2.80. The standard InChI is InChI=1S/C21H23N3/c1-16(19-13-17-7-2-3-8-18(17)14-23-19)24-15-21(10-6-11-21)20-9-4-5-12-22-20/h2-5,7-9,12-14,16,24H,6,10-11,15H2,1H3. The van der Waals surface area contributed by atoms with Crippen molar-refractivity contribution in [2.24, 2.45) is 0 Å². The van der Waals surface area contributed by atoms with Gasteiger partial charge in [0.1, 0.15) is 0 Å². The summed E-state index contributed by atoms with van der Waals surface area (Å²) in [5.74, 6) is 0. The van der Waals surface area contributed by atoms with Crippen molar-refractivity contribution in [1.82, 2.24) is 15.3 Å². The minimum Gasteiger partial charge on any atom is -0.308 e.